The molecule has 1 fully saturated rings. The highest BCUT2D eigenvalue weighted by Crippen LogP contribution is 2.30. The second-order valence-corrected chi connectivity index (χ2v) is 7.01. The van der Waals surface area contributed by atoms with Crippen molar-refractivity contribution in [1.29, 1.82) is 0 Å². The van der Waals surface area contributed by atoms with Gasteiger partial charge < -0.3 is 9.88 Å². The largest absolute Gasteiger partial charge is 0.433 e. The molecule has 0 aromatic carbocycles. The summed E-state index contributed by atoms with van der Waals surface area (Å²) in [6.07, 6.45) is -0.0943. The van der Waals surface area contributed by atoms with E-state index in [2.05, 4.69) is 15.0 Å². The van der Waals surface area contributed by atoms with Crippen LogP contribution in [0.1, 0.15) is 40.5 Å². The van der Waals surface area contributed by atoms with Crippen LogP contribution in [-0.4, -0.2) is 38.8 Å². The van der Waals surface area contributed by atoms with Gasteiger partial charge in [0.05, 0.1) is 16.5 Å². The molecule has 1 amide bonds. The summed E-state index contributed by atoms with van der Waals surface area (Å²) >= 11 is 0. The van der Waals surface area contributed by atoms with Crippen molar-refractivity contribution in [1.82, 2.24) is 19.9 Å². The molecule has 1 unspecified atom stereocenters. The van der Waals surface area contributed by atoms with Crippen LogP contribution < -0.4 is 5.56 Å². The SMILES string of the molecule is O=C(c1cccnc1)N1CCCC(c2cc3nc(C(F)(F)F)ccc3c(=O)[nH]2)C1. The van der Waals surface area contributed by atoms with E-state index >= 15 is 0 Å². The Kier molecular flexibility index (Phi) is 4.81. The van der Waals surface area contributed by atoms with Crippen molar-refractivity contribution in [2.75, 3.05) is 13.1 Å². The average molecular weight is 402 g/mol. The minimum Gasteiger partial charge on any atom is -0.338 e. The molecule has 9 heteroatoms. The Morgan fingerprint density at radius 3 is 2.79 bits per heavy atom. The number of fused-ring (bicyclic) bond motifs is 1. The summed E-state index contributed by atoms with van der Waals surface area (Å²) in [5, 5.41) is 0.0980. The summed E-state index contributed by atoms with van der Waals surface area (Å²) in [6.45, 7) is 0.923. The fourth-order valence-electron chi connectivity index (χ4n) is 3.62. The first-order valence-electron chi connectivity index (χ1n) is 9.13. The van der Waals surface area contributed by atoms with Crippen molar-refractivity contribution in [3.8, 4) is 0 Å². The van der Waals surface area contributed by atoms with E-state index < -0.39 is 17.4 Å². The Labute approximate surface area is 163 Å². The molecule has 1 aliphatic rings. The van der Waals surface area contributed by atoms with Crippen LogP contribution >= 0.6 is 0 Å². The second kappa shape index (κ2) is 7.31. The lowest BCUT2D eigenvalue weighted by atomic mass is 9.93. The minimum absolute atomic E-state index is 0.00529. The summed E-state index contributed by atoms with van der Waals surface area (Å²) in [6, 6.07) is 6.77. The van der Waals surface area contributed by atoms with Gasteiger partial charge in [-0.1, -0.05) is 0 Å². The monoisotopic (exact) mass is 402 g/mol. The van der Waals surface area contributed by atoms with E-state index in [0.717, 1.165) is 12.1 Å². The number of carbonyl (C=O) groups is 1. The van der Waals surface area contributed by atoms with Gasteiger partial charge in [0.15, 0.2) is 0 Å². The Morgan fingerprint density at radius 1 is 1.24 bits per heavy atom. The zero-order chi connectivity index (χ0) is 20.6. The van der Waals surface area contributed by atoms with Gasteiger partial charge in [-0.25, -0.2) is 4.98 Å². The number of piperidine rings is 1. The third kappa shape index (κ3) is 3.85. The number of likely N-dealkylation sites (tertiary alicyclic amines) is 1. The molecule has 1 atom stereocenters. The van der Waals surface area contributed by atoms with Crippen molar-refractivity contribution in [2.24, 2.45) is 0 Å². The predicted molar refractivity (Wildman–Crippen MR) is 99.5 cm³/mol. The van der Waals surface area contributed by atoms with Crippen LogP contribution in [0.2, 0.25) is 0 Å². The summed E-state index contributed by atoms with van der Waals surface area (Å²) in [7, 11) is 0. The van der Waals surface area contributed by atoms with E-state index in [-0.39, 0.29) is 22.7 Å². The Morgan fingerprint density at radius 2 is 2.07 bits per heavy atom. The normalized spacial score (nSPS) is 17.5. The van der Waals surface area contributed by atoms with E-state index in [4.69, 9.17) is 0 Å². The quantitative estimate of drug-likeness (QED) is 0.713. The Bertz CT molecular complexity index is 1110. The van der Waals surface area contributed by atoms with Crippen molar-refractivity contribution < 1.29 is 18.0 Å². The summed E-state index contributed by atoms with van der Waals surface area (Å²) in [4.78, 5) is 37.1. The molecule has 0 aliphatic carbocycles. The first kappa shape index (κ1) is 19.1. The molecule has 0 spiro atoms. The number of carbonyl (C=O) groups excluding carboxylic acids is 1. The van der Waals surface area contributed by atoms with Gasteiger partial charge in [-0.3, -0.25) is 14.6 Å². The van der Waals surface area contributed by atoms with Gasteiger partial charge in [-0.15, -0.1) is 0 Å². The topological polar surface area (TPSA) is 79.0 Å². The molecule has 1 saturated heterocycles. The fourth-order valence-corrected chi connectivity index (χ4v) is 3.62. The molecule has 0 radical (unpaired) electrons. The minimum atomic E-state index is -4.59. The lowest BCUT2D eigenvalue weighted by Gasteiger charge is -2.32. The number of aromatic amines is 1. The Balaban J connectivity index is 1.65. The molecule has 3 aromatic heterocycles. The smallest absolute Gasteiger partial charge is 0.338 e. The van der Waals surface area contributed by atoms with E-state index in [1.807, 2.05) is 0 Å². The molecular weight excluding hydrogens is 385 g/mol. The standard InChI is InChI=1S/C20H17F3N4O2/c21-20(22,23)17-6-5-14-16(25-17)9-15(26-18(14)28)13-4-2-8-27(11-13)19(29)12-3-1-7-24-10-12/h1,3,5-7,9-10,13H,2,4,8,11H2,(H,26,28). The maximum absolute atomic E-state index is 13.0. The molecule has 3 aromatic rings. The van der Waals surface area contributed by atoms with Gasteiger partial charge in [-0.05, 0) is 43.2 Å². The third-order valence-electron chi connectivity index (χ3n) is 5.07. The molecular formula is C20H17F3N4O2. The number of amides is 1. The van der Waals surface area contributed by atoms with Crippen LogP contribution in [0.4, 0.5) is 13.2 Å². The second-order valence-electron chi connectivity index (χ2n) is 7.01. The molecule has 6 nitrogen and oxygen atoms in total. The molecule has 0 bridgehead atoms. The number of nitrogens with zero attached hydrogens (tertiary/aromatic N) is 3. The number of hydrogen-bond donors (Lipinski definition) is 1. The lowest BCUT2D eigenvalue weighted by molar-refractivity contribution is -0.140. The Hall–Kier alpha value is -3.23. The summed E-state index contributed by atoms with van der Waals surface area (Å²) in [5.41, 5.74) is -0.586. The van der Waals surface area contributed by atoms with Crippen molar-refractivity contribution in [3.63, 3.8) is 0 Å². The van der Waals surface area contributed by atoms with Crippen LogP contribution in [0.3, 0.4) is 0 Å². The first-order valence-corrected chi connectivity index (χ1v) is 9.13. The number of nitrogens with one attached hydrogen (secondary N) is 1. The van der Waals surface area contributed by atoms with Crippen LogP contribution in [0, 0.1) is 0 Å². The number of alkyl halides is 3. The van der Waals surface area contributed by atoms with E-state index in [0.29, 0.717) is 37.2 Å². The number of aromatic nitrogens is 3. The highest BCUT2D eigenvalue weighted by Gasteiger charge is 2.33. The number of pyridine rings is 3. The van der Waals surface area contributed by atoms with Gasteiger partial charge in [0.1, 0.15) is 5.69 Å². The molecule has 150 valence electrons. The van der Waals surface area contributed by atoms with Gasteiger partial charge in [0.2, 0.25) is 0 Å². The van der Waals surface area contributed by atoms with Crippen molar-refractivity contribution in [3.05, 3.63) is 70.0 Å². The molecule has 4 rings (SSSR count). The first-order chi connectivity index (χ1) is 13.8. The maximum Gasteiger partial charge on any atom is 0.433 e. The lowest BCUT2D eigenvalue weighted by Crippen LogP contribution is -2.39. The molecule has 29 heavy (non-hydrogen) atoms. The van der Waals surface area contributed by atoms with Crippen LogP contribution in [0.15, 0.2) is 47.5 Å². The zero-order valence-electron chi connectivity index (χ0n) is 15.2. The molecule has 1 aliphatic heterocycles. The fraction of sp³-hybridized carbons (Fsp3) is 0.300. The van der Waals surface area contributed by atoms with E-state index in [1.165, 1.54) is 12.3 Å². The average Bonchev–Trinajstić information content (AvgIpc) is 2.73. The van der Waals surface area contributed by atoms with Gasteiger partial charge in [0.25, 0.3) is 11.5 Å². The predicted octanol–water partition coefficient (Wildman–Crippen LogP) is 3.36. The zero-order valence-corrected chi connectivity index (χ0v) is 15.2. The maximum atomic E-state index is 13.0. The van der Waals surface area contributed by atoms with Gasteiger partial charge >= 0.3 is 6.18 Å². The van der Waals surface area contributed by atoms with Crippen LogP contribution in [0.25, 0.3) is 10.9 Å². The van der Waals surface area contributed by atoms with Crippen LogP contribution in [-0.2, 0) is 6.18 Å². The summed E-state index contributed by atoms with van der Waals surface area (Å²) < 4.78 is 38.9. The number of H-pyrrole nitrogens is 1. The number of hydrogen-bond acceptors (Lipinski definition) is 4. The van der Waals surface area contributed by atoms with E-state index in [9.17, 15) is 22.8 Å². The van der Waals surface area contributed by atoms with Gasteiger partial charge in [0, 0.05) is 37.1 Å². The van der Waals surface area contributed by atoms with Crippen LogP contribution in [0.5, 0.6) is 0 Å². The highest BCUT2D eigenvalue weighted by molar-refractivity contribution is 5.94. The highest BCUT2D eigenvalue weighted by atomic mass is 19.4. The van der Waals surface area contributed by atoms with E-state index in [1.54, 1.807) is 23.2 Å². The molecule has 0 saturated carbocycles. The number of rotatable bonds is 2. The molecule has 4 heterocycles. The van der Waals surface area contributed by atoms with Gasteiger partial charge in [-0.2, -0.15) is 13.2 Å². The summed E-state index contributed by atoms with van der Waals surface area (Å²) in [5.74, 6) is -0.360. The number of halogens is 3. The van der Waals surface area contributed by atoms with Crippen molar-refractivity contribution >= 4 is 16.8 Å². The van der Waals surface area contributed by atoms with Crippen molar-refractivity contribution in [2.45, 2.75) is 24.9 Å². The third-order valence-corrected chi connectivity index (χ3v) is 5.07. The molecule has 1 N–H and O–H groups in total.